The van der Waals surface area contributed by atoms with Gasteiger partial charge in [0.1, 0.15) is 5.75 Å². The molecule has 7 nitrogen and oxygen atoms in total. The number of phenolic OH excluding ortho intramolecular Hbond substituents is 1. The highest BCUT2D eigenvalue weighted by atomic mass is 19.4. The Morgan fingerprint density at radius 1 is 1.21 bits per heavy atom. The summed E-state index contributed by atoms with van der Waals surface area (Å²) in [7, 11) is 1.45. The van der Waals surface area contributed by atoms with Crippen molar-refractivity contribution in [3.63, 3.8) is 0 Å². The Morgan fingerprint density at radius 2 is 1.97 bits per heavy atom. The number of likely N-dealkylation sites (tertiary alicyclic amines) is 1. The van der Waals surface area contributed by atoms with Crippen LogP contribution in [-0.4, -0.2) is 49.9 Å². The van der Waals surface area contributed by atoms with Crippen molar-refractivity contribution in [3.8, 4) is 17.1 Å². The molecule has 29 heavy (non-hydrogen) atoms. The van der Waals surface area contributed by atoms with E-state index < -0.39 is 23.0 Å². The van der Waals surface area contributed by atoms with E-state index in [9.17, 15) is 23.1 Å². The van der Waals surface area contributed by atoms with Crippen LogP contribution in [0.25, 0.3) is 11.4 Å². The Kier molecular flexibility index (Phi) is 4.97. The molecule has 1 saturated heterocycles. The molecule has 0 spiro atoms. The molecule has 2 fully saturated rings. The van der Waals surface area contributed by atoms with Crippen LogP contribution in [0.2, 0.25) is 0 Å². The molecule has 1 atom stereocenters. The Labute approximate surface area is 165 Å². The standard InChI is InChI=1S/C19H22F3N5O2/c1-26-17(14-7-4-11(9-15(14)28)19(20,21)22)25-24-16(18(26)29)23-12-3-2-8-27(10-12)13-5-6-13/h4,7,9,12-13,28H,2-3,5-6,8,10H2,1H3,(H,23,24)/t12-/m1/s1. The lowest BCUT2D eigenvalue weighted by molar-refractivity contribution is -0.137. The molecule has 2 aliphatic rings. The molecular weight excluding hydrogens is 387 g/mol. The van der Waals surface area contributed by atoms with Gasteiger partial charge in [0.2, 0.25) is 5.82 Å². The number of nitrogens with zero attached hydrogens (tertiary/aromatic N) is 4. The maximum Gasteiger partial charge on any atom is 0.416 e. The van der Waals surface area contributed by atoms with Gasteiger partial charge in [-0.3, -0.25) is 14.3 Å². The van der Waals surface area contributed by atoms with Crippen LogP contribution in [0.1, 0.15) is 31.2 Å². The van der Waals surface area contributed by atoms with Crippen molar-refractivity contribution < 1.29 is 18.3 Å². The monoisotopic (exact) mass is 409 g/mol. The highest BCUT2D eigenvalue weighted by molar-refractivity contribution is 5.65. The maximum atomic E-state index is 12.8. The number of nitrogens with one attached hydrogen (secondary N) is 1. The van der Waals surface area contributed by atoms with Crippen LogP contribution >= 0.6 is 0 Å². The van der Waals surface area contributed by atoms with E-state index >= 15 is 0 Å². The number of benzene rings is 1. The van der Waals surface area contributed by atoms with Crippen molar-refractivity contribution in [3.05, 3.63) is 34.1 Å². The van der Waals surface area contributed by atoms with Crippen molar-refractivity contribution in [1.82, 2.24) is 19.7 Å². The van der Waals surface area contributed by atoms with Crippen LogP contribution < -0.4 is 10.9 Å². The smallest absolute Gasteiger partial charge is 0.416 e. The zero-order chi connectivity index (χ0) is 20.8. The normalized spacial score (nSPS) is 20.6. The summed E-state index contributed by atoms with van der Waals surface area (Å²) in [6, 6.07) is 3.28. The van der Waals surface area contributed by atoms with Gasteiger partial charge in [-0.1, -0.05) is 0 Å². The molecule has 1 aliphatic carbocycles. The molecule has 1 aliphatic heterocycles. The largest absolute Gasteiger partial charge is 0.507 e. The Hall–Kier alpha value is -2.62. The lowest BCUT2D eigenvalue weighted by Crippen LogP contribution is -2.44. The van der Waals surface area contributed by atoms with E-state index in [-0.39, 0.29) is 23.2 Å². The number of alkyl halides is 3. The maximum absolute atomic E-state index is 12.8. The molecule has 2 aromatic rings. The average molecular weight is 409 g/mol. The number of anilines is 1. The van der Waals surface area contributed by atoms with E-state index in [1.54, 1.807) is 0 Å². The zero-order valence-corrected chi connectivity index (χ0v) is 15.9. The fraction of sp³-hybridized carbons (Fsp3) is 0.526. The summed E-state index contributed by atoms with van der Waals surface area (Å²) >= 11 is 0. The lowest BCUT2D eigenvalue weighted by atomic mass is 10.1. The van der Waals surface area contributed by atoms with Crippen LogP contribution in [0, 0.1) is 0 Å². The van der Waals surface area contributed by atoms with Gasteiger partial charge in [0.05, 0.1) is 11.1 Å². The number of phenols is 1. The second kappa shape index (κ2) is 7.33. The van der Waals surface area contributed by atoms with Gasteiger partial charge in [-0.25, -0.2) is 0 Å². The summed E-state index contributed by atoms with van der Waals surface area (Å²) in [5, 5.41) is 21.2. The van der Waals surface area contributed by atoms with Gasteiger partial charge in [-0.2, -0.15) is 13.2 Å². The second-order valence-electron chi connectivity index (χ2n) is 7.68. The fourth-order valence-electron chi connectivity index (χ4n) is 3.77. The van der Waals surface area contributed by atoms with Crippen molar-refractivity contribution in [2.45, 2.75) is 43.9 Å². The number of aromatic nitrogens is 3. The van der Waals surface area contributed by atoms with E-state index in [0.717, 1.165) is 38.1 Å². The molecule has 1 aromatic heterocycles. The molecule has 10 heteroatoms. The SMILES string of the molecule is Cn1c(-c2ccc(C(F)(F)F)cc2O)nnc(N[C@@H]2CCCN(C3CC3)C2)c1=O. The highest BCUT2D eigenvalue weighted by Crippen LogP contribution is 2.35. The summed E-state index contributed by atoms with van der Waals surface area (Å²) in [6.07, 6.45) is -0.163. The minimum absolute atomic E-state index is 0.00461. The summed E-state index contributed by atoms with van der Waals surface area (Å²) in [5.74, 6) is -0.516. The molecule has 0 bridgehead atoms. The zero-order valence-electron chi connectivity index (χ0n) is 15.9. The first-order chi connectivity index (χ1) is 13.7. The third-order valence-corrected chi connectivity index (χ3v) is 5.49. The molecule has 0 unspecified atom stereocenters. The second-order valence-corrected chi connectivity index (χ2v) is 7.68. The molecular formula is C19H22F3N5O2. The number of halogens is 3. The first-order valence-electron chi connectivity index (χ1n) is 9.59. The molecule has 1 aromatic carbocycles. The minimum Gasteiger partial charge on any atom is -0.507 e. The van der Waals surface area contributed by atoms with Gasteiger partial charge < -0.3 is 10.4 Å². The van der Waals surface area contributed by atoms with E-state index in [1.165, 1.54) is 24.5 Å². The molecule has 2 N–H and O–H groups in total. The van der Waals surface area contributed by atoms with E-state index in [2.05, 4.69) is 20.4 Å². The lowest BCUT2D eigenvalue weighted by Gasteiger charge is -2.33. The van der Waals surface area contributed by atoms with Crippen LogP contribution in [-0.2, 0) is 13.2 Å². The van der Waals surface area contributed by atoms with Crippen LogP contribution in [0.3, 0.4) is 0 Å². The van der Waals surface area contributed by atoms with Crippen LogP contribution in [0.5, 0.6) is 5.75 Å². The average Bonchev–Trinajstić information content (AvgIpc) is 3.51. The topological polar surface area (TPSA) is 83.3 Å². The number of piperidine rings is 1. The van der Waals surface area contributed by atoms with E-state index in [4.69, 9.17) is 0 Å². The van der Waals surface area contributed by atoms with Gasteiger partial charge in [-0.15, -0.1) is 10.2 Å². The Bertz CT molecular complexity index is 971. The molecule has 0 amide bonds. The summed E-state index contributed by atoms with van der Waals surface area (Å²) < 4.78 is 39.6. The van der Waals surface area contributed by atoms with Crippen LogP contribution in [0.15, 0.2) is 23.0 Å². The van der Waals surface area contributed by atoms with Crippen molar-refractivity contribution in [1.29, 1.82) is 0 Å². The predicted molar refractivity (Wildman–Crippen MR) is 101 cm³/mol. The van der Waals surface area contributed by atoms with Crippen LogP contribution in [0.4, 0.5) is 19.0 Å². The number of hydrogen-bond donors (Lipinski definition) is 2. The summed E-state index contributed by atoms with van der Waals surface area (Å²) in [5.41, 5.74) is -1.42. The van der Waals surface area contributed by atoms with E-state index in [1.807, 2.05) is 0 Å². The van der Waals surface area contributed by atoms with Gasteiger partial charge in [0, 0.05) is 25.7 Å². The Morgan fingerprint density at radius 3 is 2.62 bits per heavy atom. The first-order valence-corrected chi connectivity index (χ1v) is 9.59. The van der Waals surface area contributed by atoms with Crippen molar-refractivity contribution in [2.75, 3.05) is 18.4 Å². The molecule has 4 rings (SSSR count). The highest BCUT2D eigenvalue weighted by Gasteiger charge is 2.33. The van der Waals surface area contributed by atoms with Crippen molar-refractivity contribution in [2.24, 2.45) is 7.05 Å². The Balaban J connectivity index is 1.57. The van der Waals surface area contributed by atoms with Gasteiger partial charge in [0.25, 0.3) is 5.56 Å². The quantitative estimate of drug-likeness (QED) is 0.808. The van der Waals surface area contributed by atoms with Gasteiger partial charge in [-0.05, 0) is 50.4 Å². The predicted octanol–water partition coefficient (Wildman–Crippen LogP) is 2.61. The van der Waals surface area contributed by atoms with Gasteiger partial charge in [0.15, 0.2) is 5.82 Å². The third-order valence-electron chi connectivity index (χ3n) is 5.49. The third kappa shape index (κ3) is 4.07. The minimum atomic E-state index is -4.57. The fourth-order valence-corrected chi connectivity index (χ4v) is 3.77. The molecule has 156 valence electrons. The number of aromatic hydroxyl groups is 1. The van der Waals surface area contributed by atoms with Gasteiger partial charge >= 0.3 is 6.18 Å². The molecule has 2 heterocycles. The number of rotatable bonds is 4. The molecule has 1 saturated carbocycles. The first kappa shape index (κ1) is 19.7. The van der Waals surface area contributed by atoms with E-state index in [0.29, 0.717) is 12.1 Å². The molecule has 0 radical (unpaired) electrons. The summed E-state index contributed by atoms with van der Waals surface area (Å²) in [4.78, 5) is 15.1. The van der Waals surface area contributed by atoms with Crippen molar-refractivity contribution >= 4 is 5.82 Å². The summed E-state index contributed by atoms with van der Waals surface area (Å²) in [6.45, 7) is 1.91. The number of hydrogen-bond acceptors (Lipinski definition) is 6.